The Morgan fingerprint density at radius 3 is 2.83 bits per heavy atom. The number of ketones is 1. The van der Waals surface area contributed by atoms with Gasteiger partial charge in [-0.1, -0.05) is 36.4 Å². The fraction of sp³-hybridized carbons (Fsp3) is 0.300. The van der Waals surface area contributed by atoms with Gasteiger partial charge >= 0.3 is 0 Å². The van der Waals surface area contributed by atoms with Crippen LogP contribution in [0.2, 0.25) is 0 Å². The number of piperidine rings is 1. The molecule has 0 N–H and O–H groups in total. The first-order valence-electron chi connectivity index (χ1n) is 12.4. The Bertz CT molecular complexity index is 1340. The van der Waals surface area contributed by atoms with Crippen molar-refractivity contribution in [1.82, 2.24) is 9.88 Å². The van der Waals surface area contributed by atoms with Crippen LogP contribution in [-0.4, -0.2) is 41.6 Å². The Balaban J connectivity index is 1.28. The van der Waals surface area contributed by atoms with Crippen molar-refractivity contribution < 1.29 is 9.53 Å². The Morgan fingerprint density at radius 1 is 1.09 bits per heavy atom. The number of carbonyl (C=O) groups is 1. The van der Waals surface area contributed by atoms with Gasteiger partial charge in [0, 0.05) is 54.4 Å². The minimum Gasteiger partial charge on any atom is -0.481 e. The second-order valence-corrected chi connectivity index (χ2v) is 9.72. The van der Waals surface area contributed by atoms with Gasteiger partial charge in [0.2, 0.25) is 5.88 Å². The van der Waals surface area contributed by atoms with Crippen molar-refractivity contribution in [2.45, 2.75) is 32.4 Å². The van der Waals surface area contributed by atoms with Gasteiger partial charge in [-0.2, -0.15) is 0 Å². The number of fused-ring (bicyclic) bond motifs is 2. The smallest absolute Gasteiger partial charge is 0.213 e. The van der Waals surface area contributed by atoms with E-state index in [-0.39, 0.29) is 5.78 Å². The van der Waals surface area contributed by atoms with Crippen LogP contribution >= 0.6 is 0 Å². The van der Waals surface area contributed by atoms with Gasteiger partial charge in [0.1, 0.15) is 0 Å². The number of rotatable bonds is 5. The number of nitrogens with zero attached hydrogens (tertiary/aromatic N) is 3. The van der Waals surface area contributed by atoms with E-state index in [2.05, 4.69) is 58.4 Å². The van der Waals surface area contributed by atoms with Crippen molar-refractivity contribution in [3.63, 3.8) is 0 Å². The van der Waals surface area contributed by atoms with E-state index >= 15 is 0 Å². The molecular weight excluding hydrogens is 434 g/mol. The molecule has 0 amide bonds. The number of hydrogen-bond donors (Lipinski definition) is 0. The van der Waals surface area contributed by atoms with Gasteiger partial charge in [0.15, 0.2) is 5.78 Å². The molecule has 1 unspecified atom stereocenters. The summed E-state index contributed by atoms with van der Waals surface area (Å²) in [6, 6.07) is 19.0. The maximum absolute atomic E-state index is 13.2. The number of aliphatic imine (C=N–C) groups is 1. The van der Waals surface area contributed by atoms with Crippen LogP contribution in [0.4, 0.5) is 0 Å². The van der Waals surface area contributed by atoms with Crippen LogP contribution in [0, 0.1) is 5.92 Å². The molecule has 5 heteroatoms. The molecule has 0 saturated carbocycles. The Labute approximate surface area is 206 Å². The number of aromatic nitrogens is 1. The molecule has 0 spiro atoms. The van der Waals surface area contributed by atoms with Crippen LogP contribution in [0.15, 0.2) is 71.4 Å². The Hall–Kier alpha value is -3.57. The van der Waals surface area contributed by atoms with Crippen molar-refractivity contribution >= 4 is 17.6 Å². The molecule has 2 aromatic carbocycles. The lowest BCUT2D eigenvalue weighted by molar-refractivity contribution is -0.115. The first-order valence-corrected chi connectivity index (χ1v) is 12.4. The quantitative estimate of drug-likeness (QED) is 0.542. The second kappa shape index (κ2) is 9.23. The standard InChI is InChI=1S/C30H29N3O2/c1-35-29-16-21(9-10-31-29)30-27-14-24-13-26(28(34)15-23(24)12-25(27)17-32-30)22-8-5-11-33(19-22)18-20-6-3-2-4-7-20/h2-4,6-7,9-10,12-14,16,22H,5,8,11,15,17-19H2,1H3. The average Bonchev–Trinajstić information content (AvgIpc) is 3.30. The summed E-state index contributed by atoms with van der Waals surface area (Å²) in [5, 5.41) is 0. The molecule has 6 rings (SSSR count). The first kappa shape index (κ1) is 21.9. The summed E-state index contributed by atoms with van der Waals surface area (Å²) >= 11 is 0. The fourth-order valence-corrected chi connectivity index (χ4v) is 5.68. The molecule has 0 bridgehead atoms. The maximum atomic E-state index is 13.2. The molecule has 2 aliphatic heterocycles. The number of methoxy groups -OCH3 is 1. The second-order valence-electron chi connectivity index (χ2n) is 9.72. The molecule has 0 radical (unpaired) electrons. The molecule has 1 fully saturated rings. The highest BCUT2D eigenvalue weighted by atomic mass is 16.5. The predicted molar refractivity (Wildman–Crippen MR) is 138 cm³/mol. The maximum Gasteiger partial charge on any atom is 0.213 e. The topological polar surface area (TPSA) is 54.8 Å². The minimum atomic E-state index is 0.280. The number of Topliss-reactive ketones (excluding diaryl/α,β-unsaturated/α-hetero) is 1. The molecule has 1 aromatic heterocycles. The first-order chi connectivity index (χ1) is 17.2. The van der Waals surface area contributed by atoms with E-state index in [0.717, 1.165) is 66.0 Å². The van der Waals surface area contributed by atoms with Gasteiger partial charge in [0.25, 0.3) is 0 Å². The van der Waals surface area contributed by atoms with Crippen molar-refractivity contribution in [1.29, 1.82) is 0 Å². The molecule has 176 valence electrons. The summed E-state index contributed by atoms with van der Waals surface area (Å²) in [5.74, 6) is 1.16. The molecule has 5 nitrogen and oxygen atoms in total. The molecule has 3 aliphatic rings. The number of ether oxygens (including phenoxy) is 1. The third-order valence-corrected chi connectivity index (χ3v) is 7.42. The zero-order valence-electron chi connectivity index (χ0n) is 20.0. The molecule has 3 aromatic rings. The van der Waals surface area contributed by atoms with E-state index in [1.54, 1.807) is 13.3 Å². The van der Waals surface area contributed by atoms with Crippen molar-refractivity contribution in [3.05, 3.63) is 99.7 Å². The zero-order chi connectivity index (χ0) is 23.8. The van der Waals surface area contributed by atoms with Crippen molar-refractivity contribution in [3.8, 4) is 5.88 Å². The third kappa shape index (κ3) is 4.32. The van der Waals surface area contributed by atoms with E-state index < -0.39 is 0 Å². The van der Waals surface area contributed by atoms with Gasteiger partial charge in [0.05, 0.1) is 19.4 Å². The van der Waals surface area contributed by atoms with Gasteiger partial charge < -0.3 is 4.74 Å². The monoisotopic (exact) mass is 463 g/mol. The van der Waals surface area contributed by atoms with Crippen LogP contribution in [0.5, 0.6) is 5.88 Å². The van der Waals surface area contributed by atoms with E-state index in [1.807, 2.05) is 12.1 Å². The van der Waals surface area contributed by atoms with Crippen LogP contribution in [0.25, 0.3) is 6.08 Å². The van der Waals surface area contributed by atoms with Crippen LogP contribution in [0.1, 0.15) is 46.2 Å². The minimum absolute atomic E-state index is 0.280. The Kier molecular flexibility index (Phi) is 5.78. The number of hydrogen-bond acceptors (Lipinski definition) is 5. The largest absolute Gasteiger partial charge is 0.481 e. The molecular formula is C30H29N3O2. The van der Waals surface area contributed by atoms with E-state index in [0.29, 0.717) is 24.8 Å². The SMILES string of the molecule is COc1cc(C2=NCc3cc4c(cc32)C=C(C2CCCN(Cc3ccccc3)C2)C(=O)C4)ccn1. The van der Waals surface area contributed by atoms with Crippen LogP contribution < -0.4 is 4.74 Å². The zero-order valence-corrected chi connectivity index (χ0v) is 20.0. The van der Waals surface area contributed by atoms with Gasteiger partial charge in [-0.25, -0.2) is 4.98 Å². The van der Waals surface area contributed by atoms with Gasteiger partial charge in [-0.05, 0) is 59.8 Å². The van der Waals surface area contributed by atoms with Crippen molar-refractivity contribution in [2.24, 2.45) is 10.9 Å². The van der Waals surface area contributed by atoms with E-state index in [1.165, 1.54) is 11.1 Å². The highest BCUT2D eigenvalue weighted by Crippen LogP contribution is 2.35. The molecule has 1 aliphatic carbocycles. The normalized spacial score (nSPS) is 19.6. The highest BCUT2D eigenvalue weighted by molar-refractivity contribution is 6.16. The molecule has 1 atom stereocenters. The molecule has 3 heterocycles. The molecule has 1 saturated heterocycles. The Morgan fingerprint density at radius 2 is 1.97 bits per heavy atom. The number of carbonyl (C=O) groups excluding carboxylic acids is 1. The third-order valence-electron chi connectivity index (χ3n) is 7.42. The summed E-state index contributed by atoms with van der Waals surface area (Å²) in [6.07, 6.45) is 6.61. The summed E-state index contributed by atoms with van der Waals surface area (Å²) < 4.78 is 5.31. The summed E-state index contributed by atoms with van der Waals surface area (Å²) in [5.41, 5.74) is 8.93. The average molecular weight is 464 g/mol. The summed E-state index contributed by atoms with van der Waals surface area (Å²) in [6.45, 7) is 3.62. The highest BCUT2D eigenvalue weighted by Gasteiger charge is 2.30. The van der Waals surface area contributed by atoms with Gasteiger partial charge in [-0.15, -0.1) is 0 Å². The van der Waals surface area contributed by atoms with Crippen LogP contribution in [0.3, 0.4) is 0 Å². The number of pyridine rings is 1. The predicted octanol–water partition coefficient (Wildman–Crippen LogP) is 4.86. The fourth-order valence-electron chi connectivity index (χ4n) is 5.68. The van der Waals surface area contributed by atoms with Crippen molar-refractivity contribution in [2.75, 3.05) is 20.2 Å². The van der Waals surface area contributed by atoms with Crippen LogP contribution in [-0.2, 0) is 24.3 Å². The van der Waals surface area contributed by atoms with E-state index in [9.17, 15) is 4.79 Å². The lowest BCUT2D eigenvalue weighted by Crippen LogP contribution is -2.37. The van der Waals surface area contributed by atoms with Gasteiger partial charge in [-0.3, -0.25) is 14.7 Å². The lowest BCUT2D eigenvalue weighted by Gasteiger charge is -2.34. The molecule has 35 heavy (non-hydrogen) atoms. The number of benzene rings is 2. The van der Waals surface area contributed by atoms with E-state index in [4.69, 9.17) is 9.73 Å². The summed E-state index contributed by atoms with van der Waals surface area (Å²) in [7, 11) is 1.63. The lowest BCUT2D eigenvalue weighted by atomic mass is 9.80. The summed E-state index contributed by atoms with van der Waals surface area (Å²) in [4.78, 5) is 24.8. The number of likely N-dealkylation sites (tertiary alicyclic amines) is 1.